The van der Waals surface area contributed by atoms with Gasteiger partial charge in [-0.3, -0.25) is 0 Å². The maximum atomic E-state index is 10.9. The molecule has 3 atom stereocenters. The summed E-state index contributed by atoms with van der Waals surface area (Å²) in [5, 5.41) is 0. The summed E-state index contributed by atoms with van der Waals surface area (Å²) in [6.07, 6.45) is -3.62. The van der Waals surface area contributed by atoms with Gasteiger partial charge in [0.05, 0.1) is 0 Å². The topological polar surface area (TPSA) is 80.3 Å². The van der Waals surface area contributed by atoms with Gasteiger partial charge < -0.3 is 23.1 Å². The van der Waals surface area contributed by atoms with Gasteiger partial charge in [-0.15, -0.1) is 0 Å². The highest BCUT2D eigenvalue weighted by Gasteiger charge is 2.47. The minimum Gasteiger partial charge on any atom is -0.430 e. The first kappa shape index (κ1) is 10.4. The maximum Gasteiger partial charge on any atom is 0.509 e. The summed E-state index contributed by atoms with van der Waals surface area (Å²) in [4.78, 5) is 21.6. The molecule has 2 fully saturated rings. The SMILES string of the molecule is O=C1OCC(C2OC(=O)OC2COS)O1. The Hall–Kier alpha value is -1.15. The summed E-state index contributed by atoms with van der Waals surface area (Å²) in [6.45, 7) is 0.0801. The number of thiol groups is 1. The number of carbonyl (C=O) groups is 2. The Morgan fingerprint density at radius 1 is 1.27 bits per heavy atom. The minimum absolute atomic E-state index is 0.0310. The lowest BCUT2D eigenvalue weighted by Crippen LogP contribution is -2.38. The van der Waals surface area contributed by atoms with Crippen molar-refractivity contribution in [3.63, 3.8) is 0 Å². The van der Waals surface area contributed by atoms with Gasteiger partial charge in [-0.2, -0.15) is 0 Å². The normalized spacial score (nSPS) is 34.3. The Bertz CT molecular complexity index is 281. The summed E-state index contributed by atoms with van der Waals surface area (Å²) < 4.78 is 23.5. The van der Waals surface area contributed by atoms with Gasteiger partial charge in [0.15, 0.2) is 18.3 Å². The summed E-state index contributed by atoms with van der Waals surface area (Å²) in [5.74, 6) is 0. The molecule has 8 heteroatoms. The van der Waals surface area contributed by atoms with Crippen molar-refractivity contribution in [1.29, 1.82) is 0 Å². The Kier molecular flexibility index (Phi) is 2.87. The van der Waals surface area contributed by atoms with Crippen LogP contribution in [0.3, 0.4) is 0 Å². The Morgan fingerprint density at radius 3 is 2.67 bits per heavy atom. The molecule has 2 aliphatic rings. The van der Waals surface area contributed by atoms with E-state index in [1.807, 2.05) is 0 Å². The second-order valence-corrected chi connectivity index (χ2v) is 3.26. The molecule has 7 nitrogen and oxygen atoms in total. The van der Waals surface area contributed by atoms with Crippen molar-refractivity contribution < 1.29 is 32.7 Å². The van der Waals surface area contributed by atoms with E-state index < -0.39 is 30.6 Å². The lowest BCUT2D eigenvalue weighted by atomic mass is 10.1. The van der Waals surface area contributed by atoms with Crippen LogP contribution in [0.25, 0.3) is 0 Å². The zero-order valence-electron chi connectivity index (χ0n) is 7.45. The highest BCUT2D eigenvalue weighted by atomic mass is 32.1. The lowest BCUT2D eigenvalue weighted by molar-refractivity contribution is 0.0162. The monoisotopic (exact) mass is 236 g/mol. The van der Waals surface area contributed by atoms with Crippen LogP contribution in [0.15, 0.2) is 0 Å². The zero-order valence-corrected chi connectivity index (χ0v) is 8.35. The molecule has 2 saturated heterocycles. The fraction of sp³-hybridized carbons (Fsp3) is 0.714. The van der Waals surface area contributed by atoms with E-state index in [1.54, 1.807) is 0 Å². The number of rotatable bonds is 3. The smallest absolute Gasteiger partial charge is 0.430 e. The van der Waals surface area contributed by atoms with Crippen LogP contribution < -0.4 is 0 Å². The van der Waals surface area contributed by atoms with E-state index in [2.05, 4.69) is 21.8 Å². The molecule has 2 rings (SSSR count). The van der Waals surface area contributed by atoms with Crippen LogP contribution in [0.4, 0.5) is 9.59 Å². The molecule has 0 bridgehead atoms. The third-order valence-electron chi connectivity index (χ3n) is 2.06. The van der Waals surface area contributed by atoms with Crippen LogP contribution in [0.2, 0.25) is 0 Å². The fourth-order valence-corrected chi connectivity index (χ4v) is 1.57. The Labute approximate surface area is 90.2 Å². The second-order valence-electron chi connectivity index (χ2n) is 3.00. The maximum absolute atomic E-state index is 10.9. The second kappa shape index (κ2) is 4.15. The number of hydrogen-bond acceptors (Lipinski definition) is 8. The molecule has 2 aliphatic heterocycles. The van der Waals surface area contributed by atoms with Gasteiger partial charge in [0.2, 0.25) is 0 Å². The van der Waals surface area contributed by atoms with Gasteiger partial charge in [-0.25, -0.2) is 9.59 Å². The van der Waals surface area contributed by atoms with E-state index in [4.69, 9.17) is 14.2 Å². The molecule has 0 spiro atoms. The molecule has 15 heavy (non-hydrogen) atoms. The molecule has 3 unspecified atom stereocenters. The molecule has 0 amide bonds. The Morgan fingerprint density at radius 2 is 2.07 bits per heavy atom. The molecule has 0 radical (unpaired) electrons. The van der Waals surface area contributed by atoms with Crippen LogP contribution in [0.1, 0.15) is 0 Å². The first-order chi connectivity index (χ1) is 7.20. The fourth-order valence-electron chi connectivity index (χ4n) is 1.43. The van der Waals surface area contributed by atoms with Crippen LogP contribution >= 0.6 is 12.9 Å². The molecule has 84 valence electrons. The van der Waals surface area contributed by atoms with E-state index >= 15 is 0 Å². The van der Waals surface area contributed by atoms with Crippen molar-refractivity contribution in [3.05, 3.63) is 0 Å². The molecule has 0 N–H and O–H groups in total. The summed E-state index contributed by atoms with van der Waals surface area (Å²) in [6, 6.07) is 0. The first-order valence-corrected chi connectivity index (χ1v) is 4.54. The van der Waals surface area contributed by atoms with Crippen molar-refractivity contribution in [3.8, 4) is 0 Å². The molecular formula is C7H8O7S. The third kappa shape index (κ3) is 2.10. The standard InChI is InChI=1S/C7H8O7S/c8-6-10-1-3(12-6)5-4(2-11-15)13-7(9)14-5/h3-5,15H,1-2H2. The number of carbonyl (C=O) groups excluding carboxylic acids is 2. The molecule has 2 heterocycles. The van der Waals surface area contributed by atoms with E-state index in [-0.39, 0.29) is 13.2 Å². The summed E-state index contributed by atoms with van der Waals surface area (Å²) >= 11 is 3.54. The molecule has 0 aliphatic carbocycles. The summed E-state index contributed by atoms with van der Waals surface area (Å²) in [5.41, 5.74) is 0. The van der Waals surface area contributed by atoms with Crippen molar-refractivity contribution in [2.45, 2.75) is 18.3 Å². The lowest BCUT2D eigenvalue weighted by Gasteiger charge is -2.16. The van der Waals surface area contributed by atoms with Crippen LogP contribution in [0.5, 0.6) is 0 Å². The van der Waals surface area contributed by atoms with Gasteiger partial charge in [0.25, 0.3) is 0 Å². The largest absolute Gasteiger partial charge is 0.509 e. The number of cyclic esters (lactones) is 4. The minimum atomic E-state index is -0.821. The molecule has 0 aromatic rings. The first-order valence-electron chi connectivity index (χ1n) is 4.17. The van der Waals surface area contributed by atoms with E-state index in [0.29, 0.717) is 0 Å². The van der Waals surface area contributed by atoms with E-state index in [0.717, 1.165) is 0 Å². The quantitative estimate of drug-likeness (QED) is 0.428. The predicted molar refractivity (Wildman–Crippen MR) is 46.3 cm³/mol. The third-order valence-corrected chi connectivity index (χ3v) is 2.21. The van der Waals surface area contributed by atoms with Crippen molar-refractivity contribution >= 4 is 25.2 Å². The van der Waals surface area contributed by atoms with Gasteiger partial charge in [-0.05, 0) is 12.9 Å². The zero-order chi connectivity index (χ0) is 10.8. The number of ether oxygens (including phenoxy) is 4. The van der Waals surface area contributed by atoms with Crippen molar-refractivity contribution in [1.82, 2.24) is 0 Å². The van der Waals surface area contributed by atoms with Gasteiger partial charge >= 0.3 is 12.3 Å². The van der Waals surface area contributed by atoms with Crippen LogP contribution in [0, 0.1) is 0 Å². The highest BCUT2D eigenvalue weighted by Crippen LogP contribution is 2.24. The summed E-state index contributed by atoms with van der Waals surface area (Å²) in [7, 11) is 0. The molecule has 0 aromatic heterocycles. The predicted octanol–water partition coefficient (Wildman–Crippen LogP) is 0.287. The Balaban J connectivity index is 2.00. The van der Waals surface area contributed by atoms with Gasteiger partial charge in [0, 0.05) is 0 Å². The van der Waals surface area contributed by atoms with Crippen molar-refractivity contribution in [2.75, 3.05) is 13.2 Å². The molecular weight excluding hydrogens is 228 g/mol. The average molecular weight is 236 g/mol. The van der Waals surface area contributed by atoms with E-state index in [9.17, 15) is 9.59 Å². The van der Waals surface area contributed by atoms with Crippen molar-refractivity contribution in [2.24, 2.45) is 0 Å². The van der Waals surface area contributed by atoms with Gasteiger partial charge in [-0.1, -0.05) is 0 Å². The van der Waals surface area contributed by atoms with Gasteiger partial charge in [0.1, 0.15) is 13.2 Å². The average Bonchev–Trinajstić information content (AvgIpc) is 2.73. The molecule has 0 saturated carbocycles. The number of hydrogen-bond donors (Lipinski definition) is 1. The molecule has 0 aromatic carbocycles. The van der Waals surface area contributed by atoms with Crippen LogP contribution in [-0.2, 0) is 23.1 Å². The highest BCUT2D eigenvalue weighted by molar-refractivity contribution is 7.75. The van der Waals surface area contributed by atoms with E-state index in [1.165, 1.54) is 0 Å². The van der Waals surface area contributed by atoms with Crippen LogP contribution in [-0.4, -0.2) is 43.8 Å².